The molecule has 11 heteroatoms. The van der Waals surface area contributed by atoms with Crippen molar-refractivity contribution in [1.82, 2.24) is 19.9 Å². The molecule has 0 radical (unpaired) electrons. The number of fused-ring (bicyclic) bond motifs is 6. The highest BCUT2D eigenvalue weighted by molar-refractivity contribution is 6.04. The maximum atomic E-state index is 16.4. The number of aromatic nitrogens is 3. The topological polar surface area (TPSA) is 83.8 Å². The van der Waals surface area contributed by atoms with Crippen molar-refractivity contribution < 1.29 is 27.8 Å². The van der Waals surface area contributed by atoms with Crippen LogP contribution in [0.15, 0.2) is 36.5 Å². The summed E-state index contributed by atoms with van der Waals surface area (Å²) in [7, 11) is 1.44. The first kappa shape index (κ1) is 31.6. The lowest BCUT2D eigenvalue weighted by Gasteiger charge is -2.27. The highest BCUT2D eigenvalue weighted by Crippen LogP contribution is 2.39. The summed E-state index contributed by atoms with van der Waals surface area (Å²) in [5.41, 5.74) is 0.600. The molecule has 248 valence electrons. The monoisotopic (exact) mass is 647 g/mol. The van der Waals surface area contributed by atoms with Crippen molar-refractivity contribution in [3.63, 3.8) is 0 Å². The Labute approximate surface area is 272 Å². The number of halogens is 3. The maximum absolute atomic E-state index is 16.4. The molecule has 2 aromatic heterocycles. The largest absolute Gasteiger partial charge is 0.508 e. The van der Waals surface area contributed by atoms with Crippen molar-refractivity contribution in [2.45, 2.75) is 69.7 Å². The van der Waals surface area contributed by atoms with Gasteiger partial charge in [0.15, 0.2) is 5.82 Å². The van der Waals surface area contributed by atoms with Gasteiger partial charge in [-0.3, -0.25) is 9.88 Å². The van der Waals surface area contributed by atoms with Crippen molar-refractivity contribution in [2.24, 2.45) is 0 Å². The van der Waals surface area contributed by atoms with Crippen LogP contribution in [0, 0.1) is 11.6 Å². The van der Waals surface area contributed by atoms with Crippen LogP contribution in [0.3, 0.4) is 0 Å². The van der Waals surface area contributed by atoms with E-state index >= 15 is 8.78 Å². The van der Waals surface area contributed by atoms with E-state index in [0.29, 0.717) is 59.7 Å². The number of alkyl halides is 1. The van der Waals surface area contributed by atoms with Gasteiger partial charge in [0.2, 0.25) is 0 Å². The molecule has 7 heterocycles. The average Bonchev–Trinajstić information content (AvgIpc) is 3.56. The van der Waals surface area contributed by atoms with Gasteiger partial charge in [0, 0.05) is 55.0 Å². The number of nitrogens with zero attached hydrogens (tertiary/aromatic N) is 5. The van der Waals surface area contributed by atoms with Gasteiger partial charge in [0.25, 0.3) is 0 Å². The molecule has 0 amide bonds. The van der Waals surface area contributed by atoms with Gasteiger partial charge < -0.3 is 19.5 Å². The van der Waals surface area contributed by atoms with Crippen LogP contribution in [0.1, 0.15) is 56.9 Å². The Morgan fingerprint density at radius 2 is 1.91 bits per heavy atom. The Hall–Kier alpha value is -3.96. The Bertz CT molecular complexity index is 1790. The fourth-order valence-corrected chi connectivity index (χ4v) is 7.45. The molecule has 1 N–H and O–H groups in total. The minimum Gasteiger partial charge on any atom is -0.508 e. The van der Waals surface area contributed by atoms with Crippen LogP contribution in [0.4, 0.5) is 19.0 Å². The number of rotatable bonds is 1. The lowest BCUT2D eigenvalue weighted by molar-refractivity contribution is 0.0530. The molecule has 0 aliphatic carbocycles. The van der Waals surface area contributed by atoms with E-state index in [9.17, 15) is 9.50 Å². The van der Waals surface area contributed by atoms with Crippen LogP contribution < -0.4 is 9.64 Å². The molecular weight excluding hydrogens is 607 g/mol. The summed E-state index contributed by atoms with van der Waals surface area (Å²) in [6.07, 6.45) is 12.4. The van der Waals surface area contributed by atoms with E-state index in [2.05, 4.69) is 24.8 Å². The predicted octanol–water partition coefficient (Wildman–Crippen LogP) is 7.21. The molecule has 5 aliphatic heterocycles. The van der Waals surface area contributed by atoms with Gasteiger partial charge >= 0.3 is 6.01 Å². The lowest BCUT2D eigenvalue weighted by atomic mass is 9.95. The molecule has 47 heavy (non-hydrogen) atoms. The summed E-state index contributed by atoms with van der Waals surface area (Å²) < 4.78 is 55.7. The van der Waals surface area contributed by atoms with E-state index in [-0.39, 0.29) is 34.6 Å². The van der Waals surface area contributed by atoms with Gasteiger partial charge in [-0.1, -0.05) is 18.2 Å². The Morgan fingerprint density at radius 1 is 1.02 bits per heavy atom. The molecule has 0 saturated carbocycles. The minimum absolute atomic E-state index is 0.00340. The molecule has 3 saturated heterocycles. The Balaban J connectivity index is 0.000000334. The normalized spacial score (nSPS) is 23.7. The van der Waals surface area contributed by atoms with Crippen LogP contribution >= 0.6 is 0 Å². The zero-order valence-corrected chi connectivity index (χ0v) is 26.6. The molecule has 5 aliphatic rings. The van der Waals surface area contributed by atoms with Crippen molar-refractivity contribution in [3.05, 3.63) is 53.7 Å². The van der Waals surface area contributed by atoms with Gasteiger partial charge in [-0.25, -0.2) is 13.2 Å². The Kier molecular flexibility index (Phi) is 9.18. The SMILES string of the molecule is COc1nc2c3cnc(c(F)c3n1)-c1cc(O)cc3ccc(F)c(c13)/C=C\CCCOC1CCCCN2C1.FC1CC2CCCN2C1. The van der Waals surface area contributed by atoms with Crippen molar-refractivity contribution >= 4 is 33.6 Å². The second-order valence-corrected chi connectivity index (χ2v) is 12.9. The maximum Gasteiger partial charge on any atom is 0.318 e. The molecule has 4 aromatic rings. The standard InChI is InChI=1S/C29H28F2N4O3.C7H12FN/c1-37-29-33-27-22-15-32-26(25(27)31)21-14-18(36)13-17-9-10-23(30)20(24(17)21)8-3-2-6-12-38-19-7-4-5-11-35(16-19)28(22)34-29;8-6-4-7-2-1-3-9(7)5-6/h3,8-10,13-15,19,36H,2,4-7,11-12,16H2,1H3;6-7H,1-5H2/b8-3-;. The highest BCUT2D eigenvalue weighted by atomic mass is 19.1. The fraction of sp³-hybridized carbons (Fsp3) is 0.472. The third kappa shape index (κ3) is 6.47. The number of phenolic OH excluding ortho intramolecular Hbond substituents is 1. The molecule has 0 spiro atoms. The fourth-order valence-electron chi connectivity index (χ4n) is 7.45. The first-order valence-electron chi connectivity index (χ1n) is 16.7. The minimum atomic E-state index is -0.692. The van der Waals surface area contributed by atoms with Gasteiger partial charge in [-0.2, -0.15) is 9.97 Å². The van der Waals surface area contributed by atoms with Crippen LogP contribution in [0.25, 0.3) is 39.0 Å². The number of anilines is 1. The van der Waals surface area contributed by atoms with Crippen LogP contribution in [-0.4, -0.2) is 83.2 Å². The number of benzene rings is 2. The van der Waals surface area contributed by atoms with Gasteiger partial charge in [0.05, 0.1) is 18.6 Å². The van der Waals surface area contributed by atoms with Crippen molar-refractivity contribution in [1.29, 1.82) is 0 Å². The van der Waals surface area contributed by atoms with Crippen molar-refractivity contribution in [3.8, 4) is 23.0 Å². The number of allylic oxidation sites excluding steroid dienone is 1. The van der Waals surface area contributed by atoms with Gasteiger partial charge in [0.1, 0.15) is 34.8 Å². The summed E-state index contributed by atoms with van der Waals surface area (Å²) in [4.78, 5) is 17.8. The second-order valence-electron chi connectivity index (χ2n) is 12.9. The summed E-state index contributed by atoms with van der Waals surface area (Å²) in [5, 5.41) is 12.0. The molecule has 6 bridgehead atoms. The molecule has 3 fully saturated rings. The third-order valence-corrected chi connectivity index (χ3v) is 9.71. The smallest absolute Gasteiger partial charge is 0.318 e. The summed E-state index contributed by atoms with van der Waals surface area (Å²) >= 11 is 0. The van der Waals surface area contributed by atoms with Crippen LogP contribution in [0.5, 0.6) is 11.8 Å². The van der Waals surface area contributed by atoms with E-state index in [1.54, 1.807) is 18.3 Å². The number of aromatic hydroxyl groups is 1. The number of hydrogen-bond acceptors (Lipinski definition) is 8. The number of pyridine rings is 1. The van der Waals surface area contributed by atoms with Crippen LogP contribution in [0.2, 0.25) is 0 Å². The molecule has 8 nitrogen and oxygen atoms in total. The lowest BCUT2D eigenvalue weighted by Crippen LogP contribution is -2.33. The van der Waals surface area contributed by atoms with Gasteiger partial charge in [-0.15, -0.1) is 0 Å². The van der Waals surface area contributed by atoms with Gasteiger partial charge in [-0.05, 0) is 81.5 Å². The summed E-state index contributed by atoms with van der Waals surface area (Å²) in [6.45, 7) is 3.78. The first-order chi connectivity index (χ1) is 22.9. The number of hydrogen-bond donors (Lipinski definition) is 1. The second kappa shape index (κ2) is 13.6. The molecular formula is C36H40F3N5O3. The third-order valence-electron chi connectivity index (χ3n) is 9.71. The first-order valence-corrected chi connectivity index (χ1v) is 16.7. The van der Waals surface area contributed by atoms with E-state index in [1.807, 2.05) is 6.08 Å². The number of methoxy groups -OCH3 is 1. The molecule has 2 aromatic carbocycles. The molecule has 3 atom stereocenters. The predicted molar refractivity (Wildman–Crippen MR) is 177 cm³/mol. The van der Waals surface area contributed by atoms with E-state index in [4.69, 9.17) is 9.47 Å². The Morgan fingerprint density at radius 3 is 2.77 bits per heavy atom. The summed E-state index contributed by atoms with van der Waals surface area (Å²) in [6, 6.07) is 6.52. The molecule has 3 unspecified atom stereocenters. The van der Waals surface area contributed by atoms with E-state index in [0.717, 1.165) is 45.2 Å². The molecule has 9 rings (SSSR count). The average molecular weight is 648 g/mol. The number of ether oxygens (including phenoxy) is 2. The summed E-state index contributed by atoms with van der Waals surface area (Å²) in [5.74, 6) is -0.670. The quantitative estimate of drug-likeness (QED) is 0.232. The number of phenols is 1. The van der Waals surface area contributed by atoms with Crippen LogP contribution in [-0.2, 0) is 4.74 Å². The van der Waals surface area contributed by atoms with E-state index in [1.165, 1.54) is 38.2 Å². The zero-order chi connectivity index (χ0) is 32.5. The zero-order valence-electron chi connectivity index (χ0n) is 26.6. The van der Waals surface area contributed by atoms with Crippen molar-refractivity contribution in [2.75, 3.05) is 44.8 Å². The highest BCUT2D eigenvalue weighted by Gasteiger charge is 2.34. The van der Waals surface area contributed by atoms with E-state index < -0.39 is 17.8 Å².